The molecule has 1 N–H and O–H groups in total. The molecule has 0 unspecified atom stereocenters. The topological polar surface area (TPSA) is 60.2 Å². The second-order valence-electron chi connectivity index (χ2n) is 5.01. The Morgan fingerprint density at radius 1 is 1.24 bits per heavy atom. The average molecular weight is 237 g/mol. The van der Waals surface area contributed by atoms with Crippen molar-refractivity contribution < 1.29 is 9.26 Å². The lowest BCUT2D eigenvalue weighted by atomic mass is 10.1. The van der Waals surface area contributed by atoms with E-state index in [0.717, 1.165) is 44.1 Å². The second-order valence-corrected chi connectivity index (χ2v) is 5.01. The van der Waals surface area contributed by atoms with Gasteiger partial charge in [0.2, 0.25) is 0 Å². The van der Waals surface area contributed by atoms with Gasteiger partial charge < -0.3 is 14.6 Å². The highest BCUT2D eigenvalue weighted by Crippen LogP contribution is 2.31. The lowest BCUT2D eigenvalue weighted by molar-refractivity contribution is 0.00859. The molecule has 1 saturated heterocycles. The van der Waals surface area contributed by atoms with E-state index in [4.69, 9.17) is 9.26 Å². The predicted molar refractivity (Wildman–Crippen MR) is 61.4 cm³/mol. The molecule has 17 heavy (non-hydrogen) atoms. The van der Waals surface area contributed by atoms with Crippen molar-refractivity contribution in [3.8, 4) is 0 Å². The van der Waals surface area contributed by atoms with Crippen LogP contribution in [-0.4, -0.2) is 29.3 Å². The largest absolute Gasteiger partial charge is 0.368 e. The Labute approximate surface area is 101 Å². The number of nitrogens with one attached hydrogen (secondary N) is 1. The first-order chi connectivity index (χ1) is 8.40. The number of hydrogen-bond acceptors (Lipinski definition) is 5. The molecule has 0 radical (unpaired) electrons. The molecule has 3 rings (SSSR count). The Hall–Kier alpha value is -0.940. The van der Waals surface area contributed by atoms with Gasteiger partial charge in [0, 0.05) is 6.42 Å². The van der Waals surface area contributed by atoms with Crippen molar-refractivity contribution in [2.45, 2.75) is 44.8 Å². The zero-order chi connectivity index (χ0) is 11.5. The van der Waals surface area contributed by atoms with Gasteiger partial charge in [-0.15, -0.1) is 0 Å². The molecule has 2 fully saturated rings. The van der Waals surface area contributed by atoms with Gasteiger partial charge in [-0.1, -0.05) is 5.16 Å². The Morgan fingerprint density at radius 2 is 2.06 bits per heavy atom. The third-order valence-electron chi connectivity index (χ3n) is 3.41. The van der Waals surface area contributed by atoms with Crippen molar-refractivity contribution >= 4 is 0 Å². The minimum absolute atomic E-state index is 0.343. The van der Waals surface area contributed by atoms with E-state index in [1.165, 1.54) is 12.8 Å². The molecule has 1 aliphatic heterocycles. The highest BCUT2D eigenvalue weighted by atomic mass is 16.5. The van der Waals surface area contributed by atoms with Gasteiger partial charge in [0.25, 0.3) is 5.89 Å². The Balaban J connectivity index is 1.45. The third-order valence-corrected chi connectivity index (χ3v) is 3.41. The first kappa shape index (κ1) is 11.2. The molecule has 0 bridgehead atoms. The molecule has 0 atom stereocenters. The molecule has 2 aliphatic rings. The highest BCUT2D eigenvalue weighted by molar-refractivity contribution is 4.91. The van der Waals surface area contributed by atoms with E-state index < -0.39 is 0 Å². The van der Waals surface area contributed by atoms with Gasteiger partial charge in [-0.25, -0.2) is 0 Å². The maximum Gasteiger partial charge on any atom is 0.252 e. The van der Waals surface area contributed by atoms with Crippen LogP contribution in [0.3, 0.4) is 0 Å². The SMILES string of the molecule is C1CC(OCc2nc(CC3CC3)no2)CCN1. The van der Waals surface area contributed by atoms with E-state index in [1.807, 2.05) is 0 Å². The Kier molecular flexibility index (Phi) is 3.38. The van der Waals surface area contributed by atoms with Gasteiger partial charge >= 0.3 is 0 Å². The fourth-order valence-electron chi connectivity index (χ4n) is 2.16. The summed E-state index contributed by atoms with van der Waals surface area (Å²) in [5, 5.41) is 7.30. The first-order valence-electron chi connectivity index (χ1n) is 6.54. The minimum Gasteiger partial charge on any atom is -0.368 e. The van der Waals surface area contributed by atoms with Crippen LogP contribution in [0.5, 0.6) is 0 Å². The summed E-state index contributed by atoms with van der Waals surface area (Å²) in [4.78, 5) is 4.36. The van der Waals surface area contributed by atoms with E-state index in [9.17, 15) is 0 Å². The number of piperidine rings is 1. The molecule has 5 nitrogen and oxygen atoms in total. The maximum atomic E-state index is 5.77. The number of aromatic nitrogens is 2. The van der Waals surface area contributed by atoms with E-state index in [-0.39, 0.29) is 0 Å². The summed E-state index contributed by atoms with van der Waals surface area (Å²) in [7, 11) is 0. The molecular weight excluding hydrogens is 218 g/mol. The van der Waals surface area contributed by atoms with Crippen LogP contribution in [0.25, 0.3) is 0 Å². The van der Waals surface area contributed by atoms with Crippen LogP contribution in [0.4, 0.5) is 0 Å². The van der Waals surface area contributed by atoms with Crippen LogP contribution < -0.4 is 5.32 Å². The molecule has 2 heterocycles. The summed E-state index contributed by atoms with van der Waals surface area (Å²) >= 11 is 0. The quantitative estimate of drug-likeness (QED) is 0.836. The van der Waals surface area contributed by atoms with E-state index >= 15 is 0 Å². The van der Waals surface area contributed by atoms with Crippen molar-refractivity contribution in [1.29, 1.82) is 0 Å². The molecule has 1 aliphatic carbocycles. The second kappa shape index (κ2) is 5.14. The molecule has 1 aromatic rings. The normalized spacial score (nSPS) is 21.9. The maximum absolute atomic E-state index is 5.77. The summed E-state index contributed by atoms with van der Waals surface area (Å²) in [6, 6.07) is 0. The number of nitrogens with zero attached hydrogens (tertiary/aromatic N) is 2. The van der Waals surface area contributed by atoms with Crippen LogP contribution in [0, 0.1) is 5.92 Å². The average Bonchev–Trinajstić information content (AvgIpc) is 3.06. The smallest absolute Gasteiger partial charge is 0.252 e. The van der Waals surface area contributed by atoms with Gasteiger partial charge in [0.15, 0.2) is 5.82 Å². The molecule has 94 valence electrons. The molecule has 0 spiro atoms. The molecule has 1 aromatic heterocycles. The Bertz CT molecular complexity index is 356. The highest BCUT2D eigenvalue weighted by Gasteiger charge is 2.24. The number of rotatable bonds is 5. The predicted octanol–water partition coefficient (Wildman–Crippen LogP) is 1.29. The van der Waals surface area contributed by atoms with Crippen molar-refractivity contribution in [2.24, 2.45) is 5.92 Å². The molecule has 0 amide bonds. The zero-order valence-corrected chi connectivity index (χ0v) is 10.0. The Morgan fingerprint density at radius 3 is 2.82 bits per heavy atom. The van der Waals surface area contributed by atoms with Crippen molar-refractivity contribution in [1.82, 2.24) is 15.5 Å². The molecular formula is C12H19N3O2. The molecule has 0 aromatic carbocycles. The summed E-state index contributed by atoms with van der Waals surface area (Å²) in [5.41, 5.74) is 0. The lowest BCUT2D eigenvalue weighted by Gasteiger charge is -2.21. The molecule has 5 heteroatoms. The summed E-state index contributed by atoms with van der Waals surface area (Å²) in [5.74, 6) is 2.27. The van der Waals surface area contributed by atoms with Gasteiger partial charge in [-0.05, 0) is 44.7 Å². The fourth-order valence-corrected chi connectivity index (χ4v) is 2.16. The van der Waals surface area contributed by atoms with Crippen LogP contribution in [-0.2, 0) is 17.8 Å². The van der Waals surface area contributed by atoms with Gasteiger partial charge in [-0.2, -0.15) is 4.98 Å². The van der Waals surface area contributed by atoms with Crippen molar-refractivity contribution in [3.05, 3.63) is 11.7 Å². The van der Waals surface area contributed by atoms with Gasteiger partial charge in [-0.3, -0.25) is 0 Å². The number of hydrogen-bond donors (Lipinski definition) is 1. The zero-order valence-electron chi connectivity index (χ0n) is 10.0. The lowest BCUT2D eigenvalue weighted by Crippen LogP contribution is -2.32. The summed E-state index contributed by atoms with van der Waals surface area (Å²) < 4.78 is 10.9. The third kappa shape index (κ3) is 3.26. The van der Waals surface area contributed by atoms with Crippen LogP contribution in [0.2, 0.25) is 0 Å². The van der Waals surface area contributed by atoms with E-state index in [0.29, 0.717) is 18.6 Å². The van der Waals surface area contributed by atoms with Crippen LogP contribution >= 0.6 is 0 Å². The van der Waals surface area contributed by atoms with Crippen molar-refractivity contribution in [3.63, 3.8) is 0 Å². The molecule has 1 saturated carbocycles. The van der Waals surface area contributed by atoms with Crippen LogP contribution in [0.1, 0.15) is 37.4 Å². The van der Waals surface area contributed by atoms with Crippen molar-refractivity contribution in [2.75, 3.05) is 13.1 Å². The monoisotopic (exact) mass is 237 g/mol. The minimum atomic E-state index is 0.343. The van der Waals surface area contributed by atoms with Gasteiger partial charge in [0.1, 0.15) is 6.61 Å². The number of ether oxygens (including phenoxy) is 1. The standard InChI is InChI=1S/C12H19N3O2/c1-2-9(1)7-11-14-12(17-15-11)8-16-10-3-5-13-6-4-10/h9-10,13H,1-8H2. The fraction of sp³-hybridized carbons (Fsp3) is 0.833. The van der Waals surface area contributed by atoms with E-state index in [1.54, 1.807) is 0 Å². The summed E-state index contributed by atoms with van der Waals surface area (Å²) in [6.07, 6.45) is 6.09. The van der Waals surface area contributed by atoms with Gasteiger partial charge in [0.05, 0.1) is 6.10 Å². The summed E-state index contributed by atoms with van der Waals surface area (Å²) in [6.45, 7) is 2.55. The van der Waals surface area contributed by atoms with E-state index in [2.05, 4.69) is 15.5 Å². The van der Waals surface area contributed by atoms with Crippen LogP contribution in [0.15, 0.2) is 4.52 Å². The first-order valence-corrected chi connectivity index (χ1v) is 6.54.